The second kappa shape index (κ2) is 5.75. The van der Waals surface area contributed by atoms with Gasteiger partial charge in [0.15, 0.2) is 0 Å². The topological polar surface area (TPSA) is 21.8 Å². The zero-order chi connectivity index (χ0) is 13.1. The summed E-state index contributed by atoms with van der Waals surface area (Å²) in [5, 5.41) is 0. The van der Waals surface area contributed by atoms with Gasteiger partial charge >= 0.3 is 0 Å². The molecule has 1 aliphatic rings. The Morgan fingerprint density at radius 3 is 2.61 bits per heavy atom. The average molecular weight is 248 g/mol. The second-order valence-electron chi connectivity index (χ2n) is 5.18. The fraction of sp³-hybridized carbons (Fsp3) is 0.625. The molecule has 1 aromatic rings. The highest BCUT2D eigenvalue weighted by Crippen LogP contribution is 2.36. The van der Waals surface area contributed by atoms with E-state index < -0.39 is 0 Å². The van der Waals surface area contributed by atoms with Gasteiger partial charge in [0.2, 0.25) is 0 Å². The fourth-order valence-electron chi connectivity index (χ4n) is 2.44. The number of ether oxygens (including phenoxy) is 2. The highest BCUT2D eigenvalue weighted by Gasteiger charge is 2.35. The van der Waals surface area contributed by atoms with Gasteiger partial charge in [-0.2, -0.15) is 0 Å². The summed E-state index contributed by atoms with van der Waals surface area (Å²) < 4.78 is 11.3. The monoisotopic (exact) mass is 248 g/mol. The maximum absolute atomic E-state index is 5.75. The van der Waals surface area contributed by atoms with Crippen LogP contribution in [-0.4, -0.2) is 18.8 Å². The lowest BCUT2D eigenvalue weighted by molar-refractivity contribution is 0.329. The zero-order valence-corrected chi connectivity index (χ0v) is 11.9. The Labute approximate surface area is 110 Å². The Balaban J connectivity index is 2.16. The van der Waals surface area contributed by atoms with Gasteiger partial charge in [0, 0.05) is 0 Å². The molecule has 0 aliphatic carbocycles. The predicted octanol–water partition coefficient (Wildman–Crippen LogP) is 3.93. The fourth-order valence-corrected chi connectivity index (χ4v) is 2.44. The molecule has 0 spiro atoms. The van der Waals surface area contributed by atoms with Crippen LogP contribution >= 0.6 is 0 Å². The first kappa shape index (κ1) is 13.4. The molecule has 18 heavy (non-hydrogen) atoms. The molecule has 0 saturated carbocycles. The Morgan fingerprint density at radius 1 is 1.33 bits per heavy atom. The first-order valence-electron chi connectivity index (χ1n) is 7.06. The Morgan fingerprint density at radius 2 is 2.06 bits per heavy atom. The number of epoxide rings is 1. The Bertz CT molecular complexity index is 400. The third-order valence-corrected chi connectivity index (χ3v) is 3.74. The molecule has 0 amide bonds. The molecular weight excluding hydrogens is 224 g/mol. The van der Waals surface area contributed by atoms with Crippen molar-refractivity contribution in [1.82, 2.24) is 0 Å². The van der Waals surface area contributed by atoms with Gasteiger partial charge in [-0.1, -0.05) is 26.0 Å². The van der Waals surface area contributed by atoms with Crippen molar-refractivity contribution in [2.24, 2.45) is 0 Å². The number of hydrogen-bond acceptors (Lipinski definition) is 2. The van der Waals surface area contributed by atoms with Gasteiger partial charge in [-0.05, 0) is 49.8 Å². The van der Waals surface area contributed by atoms with Crippen molar-refractivity contribution in [3.05, 3.63) is 29.3 Å². The highest BCUT2D eigenvalue weighted by atomic mass is 16.6. The van der Waals surface area contributed by atoms with Crippen LogP contribution in [-0.2, 0) is 11.2 Å². The van der Waals surface area contributed by atoms with Gasteiger partial charge < -0.3 is 9.47 Å². The molecule has 1 aromatic carbocycles. The van der Waals surface area contributed by atoms with Crippen LogP contribution in [0.15, 0.2) is 18.2 Å². The van der Waals surface area contributed by atoms with Crippen molar-refractivity contribution < 1.29 is 9.47 Å². The van der Waals surface area contributed by atoms with Gasteiger partial charge in [0.1, 0.15) is 5.75 Å². The summed E-state index contributed by atoms with van der Waals surface area (Å²) >= 11 is 0. The molecule has 1 fully saturated rings. The van der Waals surface area contributed by atoms with Crippen molar-refractivity contribution in [1.29, 1.82) is 0 Å². The van der Waals surface area contributed by atoms with Gasteiger partial charge in [0.05, 0.1) is 18.8 Å². The van der Waals surface area contributed by atoms with Gasteiger partial charge in [-0.3, -0.25) is 0 Å². The van der Waals surface area contributed by atoms with Crippen LogP contribution in [0.4, 0.5) is 0 Å². The molecule has 1 aliphatic heterocycles. The standard InChI is InChI=1S/C16H24O2/c1-5-13-7-8-15(17-6-2)14(10-13)11(3)9-16-12(4)18-16/h7-8,10-12,16H,5-6,9H2,1-4H3. The van der Waals surface area contributed by atoms with Crippen LogP contribution in [0.1, 0.15) is 51.2 Å². The van der Waals surface area contributed by atoms with Gasteiger partial charge in [-0.25, -0.2) is 0 Å². The Kier molecular flexibility index (Phi) is 4.28. The van der Waals surface area contributed by atoms with Crippen LogP contribution in [0.3, 0.4) is 0 Å². The smallest absolute Gasteiger partial charge is 0.122 e. The third kappa shape index (κ3) is 3.05. The number of hydrogen-bond donors (Lipinski definition) is 0. The van der Waals surface area contributed by atoms with E-state index in [4.69, 9.17) is 9.47 Å². The Hall–Kier alpha value is -1.02. The molecule has 0 N–H and O–H groups in total. The summed E-state index contributed by atoms with van der Waals surface area (Å²) in [5.41, 5.74) is 2.71. The van der Waals surface area contributed by atoms with Crippen molar-refractivity contribution >= 4 is 0 Å². The molecule has 3 atom stereocenters. The van der Waals surface area contributed by atoms with E-state index in [2.05, 4.69) is 39.0 Å². The number of benzene rings is 1. The van der Waals surface area contributed by atoms with E-state index in [0.29, 0.717) is 18.1 Å². The lowest BCUT2D eigenvalue weighted by Crippen LogP contribution is -2.04. The molecule has 0 radical (unpaired) electrons. The molecule has 1 heterocycles. The molecule has 3 unspecified atom stereocenters. The summed E-state index contributed by atoms with van der Waals surface area (Å²) in [5.74, 6) is 1.53. The molecule has 2 heteroatoms. The van der Waals surface area contributed by atoms with Gasteiger partial charge in [-0.15, -0.1) is 0 Å². The predicted molar refractivity (Wildman–Crippen MR) is 74.4 cm³/mol. The van der Waals surface area contributed by atoms with E-state index in [9.17, 15) is 0 Å². The summed E-state index contributed by atoms with van der Waals surface area (Å²) in [6, 6.07) is 6.57. The minimum atomic E-state index is 0.442. The van der Waals surface area contributed by atoms with E-state index in [1.165, 1.54) is 11.1 Å². The summed E-state index contributed by atoms with van der Waals surface area (Å²) in [4.78, 5) is 0. The van der Waals surface area contributed by atoms with Crippen molar-refractivity contribution in [2.75, 3.05) is 6.61 Å². The highest BCUT2D eigenvalue weighted by molar-refractivity contribution is 5.39. The zero-order valence-electron chi connectivity index (χ0n) is 11.9. The summed E-state index contributed by atoms with van der Waals surface area (Å²) in [6.45, 7) is 9.36. The lowest BCUT2D eigenvalue weighted by atomic mass is 9.92. The second-order valence-corrected chi connectivity index (χ2v) is 5.18. The van der Waals surface area contributed by atoms with Gasteiger partial charge in [0.25, 0.3) is 0 Å². The molecule has 100 valence electrons. The van der Waals surface area contributed by atoms with Crippen LogP contribution in [0, 0.1) is 0 Å². The number of aryl methyl sites for hydroxylation is 1. The molecule has 2 rings (SSSR count). The normalized spacial score (nSPS) is 23.8. The van der Waals surface area contributed by atoms with Crippen molar-refractivity contribution in [3.8, 4) is 5.75 Å². The maximum Gasteiger partial charge on any atom is 0.122 e. The quantitative estimate of drug-likeness (QED) is 0.711. The first-order valence-corrected chi connectivity index (χ1v) is 7.06. The van der Waals surface area contributed by atoms with E-state index in [1.807, 2.05) is 6.92 Å². The van der Waals surface area contributed by atoms with E-state index in [1.54, 1.807) is 0 Å². The summed E-state index contributed by atoms with van der Waals surface area (Å²) in [6.07, 6.45) is 3.05. The van der Waals surface area contributed by atoms with E-state index >= 15 is 0 Å². The molecule has 1 saturated heterocycles. The SMILES string of the molecule is CCOc1ccc(CC)cc1C(C)CC1OC1C. The maximum atomic E-state index is 5.75. The third-order valence-electron chi connectivity index (χ3n) is 3.74. The first-order chi connectivity index (χ1) is 8.65. The number of rotatable bonds is 6. The van der Waals surface area contributed by atoms with Crippen LogP contribution in [0.2, 0.25) is 0 Å². The minimum Gasteiger partial charge on any atom is -0.494 e. The summed E-state index contributed by atoms with van der Waals surface area (Å²) in [7, 11) is 0. The minimum absolute atomic E-state index is 0.442. The molecule has 0 aromatic heterocycles. The van der Waals surface area contributed by atoms with E-state index in [0.717, 1.165) is 25.2 Å². The van der Waals surface area contributed by atoms with Crippen LogP contribution in [0.5, 0.6) is 5.75 Å². The van der Waals surface area contributed by atoms with Crippen LogP contribution in [0.25, 0.3) is 0 Å². The molecule has 2 nitrogen and oxygen atoms in total. The average Bonchev–Trinajstić information content (AvgIpc) is 3.05. The lowest BCUT2D eigenvalue weighted by Gasteiger charge is -2.17. The van der Waals surface area contributed by atoms with Crippen LogP contribution < -0.4 is 4.74 Å². The van der Waals surface area contributed by atoms with E-state index in [-0.39, 0.29) is 0 Å². The largest absolute Gasteiger partial charge is 0.494 e. The molecule has 0 bridgehead atoms. The van der Waals surface area contributed by atoms with Crippen molar-refractivity contribution in [3.63, 3.8) is 0 Å². The van der Waals surface area contributed by atoms with Crippen molar-refractivity contribution in [2.45, 2.75) is 58.7 Å². The molecular formula is C16H24O2.